The first kappa shape index (κ1) is 12.4. The van der Waals surface area contributed by atoms with Gasteiger partial charge in [0.2, 0.25) is 5.91 Å². The summed E-state index contributed by atoms with van der Waals surface area (Å²) in [7, 11) is 0. The number of hydrogen-bond donors (Lipinski definition) is 1. The smallest absolute Gasteiger partial charge is 0.248 e. The molecule has 1 rings (SSSR count). The van der Waals surface area contributed by atoms with Crippen LogP contribution in [-0.2, 0) is 9.53 Å². The van der Waals surface area contributed by atoms with E-state index in [4.69, 9.17) is 9.84 Å². The maximum atomic E-state index is 13.6. The van der Waals surface area contributed by atoms with Crippen LogP contribution in [0.2, 0.25) is 0 Å². The van der Waals surface area contributed by atoms with Crippen molar-refractivity contribution < 1.29 is 19.0 Å². The molecule has 1 heterocycles. The van der Waals surface area contributed by atoms with Gasteiger partial charge in [0.15, 0.2) is 0 Å². The van der Waals surface area contributed by atoms with Gasteiger partial charge in [-0.05, 0) is 20.3 Å². The van der Waals surface area contributed by atoms with Crippen LogP contribution in [0.1, 0.15) is 20.3 Å². The van der Waals surface area contributed by atoms with Crippen molar-refractivity contribution in [1.29, 1.82) is 0 Å². The minimum Gasteiger partial charge on any atom is -0.387 e. The van der Waals surface area contributed by atoms with Gasteiger partial charge in [-0.3, -0.25) is 4.79 Å². The molecule has 4 nitrogen and oxygen atoms in total. The molecule has 1 aliphatic heterocycles. The molecule has 1 amide bonds. The lowest BCUT2D eigenvalue weighted by atomic mass is 10.1. The lowest BCUT2D eigenvalue weighted by Crippen LogP contribution is -2.49. The predicted octanol–water partition coefficient (Wildman–Crippen LogP) is 0.343. The normalized spacial score (nSPS) is 27.1. The Labute approximate surface area is 89.0 Å². The Bertz CT molecular complexity index is 223. The zero-order valence-electron chi connectivity index (χ0n) is 9.15. The van der Waals surface area contributed by atoms with Crippen molar-refractivity contribution >= 4 is 5.91 Å². The molecule has 1 N–H and O–H groups in total. The second kappa shape index (κ2) is 5.42. The Morgan fingerprint density at radius 3 is 2.80 bits per heavy atom. The van der Waals surface area contributed by atoms with E-state index in [-0.39, 0.29) is 12.6 Å². The predicted molar refractivity (Wildman–Crippen MR) is 53.2 cm³/mol. The first-order chi connectivity index (χ1) is 7.04. The lowest BCUT2D eigenvalue weighted by Gasteiger charge is -2.35. The highest BCUT2D eigenvalue weighted by Gasteiger charge is 2.32. The molecule has 15 heavy (non-hydrogen) atoms. The molecule has 1 fully saturated rings. The van der Waals surface area contributed by atoms with Gasteiger partial charge in [-0.2, -0.15) is 0 Å². The average molecular weight is 219 g/mol. The molecule has 0 aromatic heterocycles. The zero-order valence-corrected chi connectivity index (χ0v) is 9.15. The molecule has 0 radical (unpaired) electrons. The fourth-order valence-corrected chi connectivity index (χ4v) is 1.71. The highest BCUT2D eigenvalue weighted by atomic mass is 19.1. The number of carbonyl (C=O) groups is 1. The molecular formula is C10H18FNO3. The molecule has 0 aliphatic carbocycles. The van der Waals surface area contributed by atoms with E-state index >= 15 is 0 Å². The number of ether oxygens (including phenoxy) is 1. The largest absolute Gasteiger partial charge is 0.387 e. The average Bonchev–Trinajstić information content (AvgIpc) is 2.19. The van der Waals surface area contributed by atoms with Crippen LogP contribution in [0.4, 0.5) is 4.39 Å². The molecule has 0 aromatic rings. The summed E-state index contributed by atoms with van der Waals surface area (Å²) in [5.74, 6) is -0.416. The molecule has 2 atom stereocenters. The highest BCUT2D eigenvalue weighted by Crippen LogP contribution is 2.18. The van der Waals surface area contributed by atoms with Crippen LogP contribution < -0.4 is 0 Å². The van der Waals surface area contributed by atoms with Crippen LogP contribution in [0.15, 0.2) is 0 Å². The van der Waals surface area contributed by atoms with Gasteiger partial charge in [0.05, 0.1) is 18.8 Å². The Morgan fingerprint density at radius 2 is 2.33 bits per heavy atom. The monoisotopic (exact) mass is 219 g/mol. The van der Waals surface area contributed by atoms with Crippen molar-refractivity contribution in [3.63, 3.8) is 0 Å². The number of likely N-dealkylation sites (tertiary alicyclic amines) is 1. The first-order valence-electron chi connectivity index (χ1n) is 5.22. The highest BCUT2D eigenvalue weighted by molar-refractivity contribution is 5.77. The van der Waals surface area contributed by atoms with Crippen LogP contribution in [0, 0.1) is 0 Å². The summed E-state index contributed by atoms with van der Waals surface area (Å²) in [6, 6.07) is 0. The first-order valence-corrected chi connectivity index (χ1v) is 5.22. The summed E-state index contributed by atoms with van der Waals surface area (Å²) in [6.45, 7) is 3.65. The Balaban J connectivity index is 2.44. The quantitative estimate of drug-likeness (QED) is 0.744. The number of carbonyl (C=O) groups excluding carboxylic acids is 1. The molecule has 0 unspecified atom stereocenters. The number of hydrogen-bond acceptors (Lipinski definition) is 3. The molecule has 5 heteroatoms. The van der Waals surface area contributed by atoms with Gasteiger partial charge in [-0.15, -0.1) is 0 Å². The van der Waals surface area contributed by atoms with E-state index in [0.717, 1.165) is 0 Å². The van der Waals surface area contributed by atoms with E-state index < -0.39 is 24.8 Å². The molecule has 0 bridgehead atoms. The van der Waals surface area contributed by atoms with E-state index in [2.05, 4.69) is 0 Å². The fourth-order valence-electron chi connectivity index (χ4n) is 1.71. The third-order valence-corrected chi connectivity index (χ3v) is 2.42. The molecule has 0 aromatic carbocycles. The van der Waals surface area contributed by atoms with Crippen molar-refractivity contribution in [2.45, 2.75) is 38.6 Å². The number of halogens is 1. The summed E-state index contributed by atoms with van der Waals surface area (Å²) in [5, 5.41) is 8.64. The minimum absolute atomic E-state index is 0.00616. The van der Waals surface area contributed by atoms with Gasteiger partial charge in [0.1, 0.15) is 12.8 Å². The maximum absolute atomic E-state index is 13.6. The number of piperidine rings is 1. The summed E-state index contributed by atoms with van der Waals surface area (Å²) >= 11 is 0. The van der Waals surface area contributed by atoms with E-state index in [1.165, 1.54) is 4.90 Å². The van der Waals surface area contributed by atoms with Gasteiger partial charge in [-0.1, -0.05) is 0 Å². The molecule has 1 aliphatic rings. The Morgan fingerprint density at radius 1 is 1.67 bits per heavy atom. The lowest BCUT2D eigenvalue weighted by molar-refractivity contribution is -0.141. The SMILES string of the molecule is CC(C)O[C@H]1CCN(C(=O)CO)C[C@@H]1F. The van der Waals surface area contributed by atoms with Gasteiger partial charge < -0.3 is 14.7 Å². The van der Waals surface area contributed by atoms with Crippen molar-refractivity contribution in [1.82, 2.24) is 4.90 Å². The molecule has 88 valence electrons. The Kier molecular flexibility index (Phi) is 4.47. The van der Waals surface area contributed by atoms with Crippen LogP contribution in [0.3, 0.4) is 0 Å². The summed E-state index contributed by atoms with van der Waals surface area (Å²) in [4.78, 5) is 12.4. The molecular weight excluding hydrogens is 201 g/mol. The standard InChI is InChI=1S/C10H18FNO3/c1-7(2)15-9-3-4-12(5-8(9)11)10(14)6-13/h7-9,13H,3-6H2,1-2H3/t8-,9-/m0/s1. The number of alkyl halides is 1. The summed E-state index contributed by atoms with van der Waals surface area (Å²) in [5.41, 5.74) is 0. The zero-order chi connectivity index (χ0) is 11.4. The number of rotatable bonds is 3. The molecule has 1 saturated heterocycles. The number of nitrogens with zero attached hydrogens (tertiary/aromatic N) is 1. The van der Waals surface area contributed by atoms with Crippen LogP contribution in [-0.4, -0.2) is 54.0 Å². The fraction of sp³-hybridized carbons (Fsp3) is 0.900. The van der Waals surface area contributed by atoms with Crippen molar-refractivity contribution in [2.24, 2.45) is 0 Å². The van der Waals surface area contributed by atoms with Crippen molar-refractivity contribution in [2.75, 3.05) is 19.7 Å². The van der Waals surface area contributed by atoms with Gasteiger partial charge >= 0.3 is 0 Å². The minimum atomic E-state index is -1.16. The molecule has 0 saturated carbocycles. The summed E-state index contributed by atoms with van der Waals surface area (Å²) in [6.07, 6.45) is -1.09. The van der Waals surface area contributed by atoms with E-state index in [9.17, 15) is 9.18 Å². The van der Waals surface area contributed by atoms with Gasteiger partial charge in [0, 0.05) is 6.54 Å². The second-order valence-corrected chi connectivity index (χ2v) is 4.03. The second-order valence-electron chi connectivity index (χ2n) is 4.03. The van der Waals surface area contributed by atoms with Gasteiger partial charge in [0.25, 0.3) is 0 Å². The molecule has 0 spiro atoms. The van der Waals surface area contributed by atoms with E-state index in [1.807, 2.05) is 13.8 Å². The van der Waals surface area contributed by atoms with Crippen molar-refractivity contribution in [3.8, 4) is 0 Å². The number of aliphatic hydroxyl groups is 1. The van der Waals surface area contributed by atoms with Crippen LogP contribution in [0.5, 0.6) is 0 Å². The maximum Gasteiger partial charge on any atom is 0.248 e. The topological polar surface area (TPSA) is 49.8 Å². The third kappa shape index (κ3) is 3.43. The van der Waals surface area contributed by atoms with Crippen LogP contribution in [0.25, 0.3) is 0 Å². The Hall–Kier alpha value is -0.680. The van der Waals surface area contributed by atoms with Crippen molar-refractivity contribution in [3.05, 3.63) is 0 Å². The van der Waals surface area contributed by atoms with Gasteiger partial charge in [-0.25, -0.2) is 4.39 Å². The number of aliphatic hydroxyl groups excluding tert-OH is 1. The third-order valence-electron chi connectivity index (χ3n) is 2.42. The van der Waals surface area contributed by atoms with E-state index in [0.29, 0.717) is 13.0 Å². The van der Waals surface area contributed by atoms with E-state index in [1.54, 1.807) is 0 Å². The van der Waals surface area contributed by atoms with Crippen LogP contribution >= 0.6 is 0 Å². The number of amides is 1. The summed E-state index contributed by atoms with van der Waals surface area (Å²) < 4.78 is 18.9.